The predicted octanol–water partition coefficient (Wildman–Crippen LogP) is 4.21. The maximum Gasteiger partial charge on any atom is 0.145 e. The number of thioether (sulfide) groups is 2. The van der Waals surface area contributed by atoms with Gasteiger partial charge < -0.3 is 0 Å². The van der Waals surface area contributed by atoms with Gasteiger partial charge in [-0.25, -0.2) is 0 Å². The van der Waals surface area contributed by atoms with Crippen LogP contribution < -0.4 is 0 Å². The summed E-state index contributed by atoms with van der Waals surface area (Å²) in [5.74, 6) is 0. The van der Waals surface area contributed by atoms with Crippen LogP contribution in [0, 0.1) is 3.14 Å². The fraction of sp³-hybridized carbons (Fsp3) is 0. The lowest BCUT2D eigenvalue weighted by Crippen LogP contribution is -1.64. The fourth-order valence-corrected chi connectivity index (χ4v) is 6.03. The first-order valence-electron chi connectivity index (χ1n) is 2.48. The van der Waals surface area contributed by atoms with Crippen LogP contribution in [0.3, 0.4) is 0 Å². The Balaban J connectivity index is 2.56. The van der Waals surface area contributed by atoms with Gasteiger partial charge in [-0.2, -0.15) is 0 Å². The lowest BCUT2D eigenvalue weighted by atomic mass is 11.1. The summed E-state index contributed by atoms with van der Waals surface area (Å²) < 4.78 is 3.76. The summed E-state index contributed by atoms with van der Waals surface area (Å²) in [6.07, 6.45) is 0. The molecule has 0 spiro atoms. The van der Waals surface area contributed by atoms with Gasteiger partial charge >= 0.3 is 0 Å². The molecule has 0 atom stereocenters. The van der Waals surface area contributed by atoms with Gasteiger partial charge in [0.05, 0.1) is 8.42 Å². The monoisotopic (exact) mass is 222 g/mol. The summed E-state index contributed by atoms with van der Waals surface area (Å²) in [4.78, 5) is 0. The molecule has 0 fully saturated rings. The van der Waals surface area contributed by atoms with Gasteiger partial charge in [-0.3, -0.25) is 0 Å². The zero-order valence-corrected chi connectivity index (χ0v) is 8.78. The molecule has 0 radical (unpaired) electrons. The van der Waals surface area contributed by atoms with Crippen molar-refractivity contribution in [3.8, 4) is 0 Å². The first kappa shape index (κ1) is 7.36. The Morgan fingerprint density at radius 2 is 1.50 bits per heavy atom. The number of fused-ring (bicyclic) bond motifs is 1. The van der Waals surface area contributed by atoms with Gasteiger partial charge in [0.25, 0.3) is 0 Å². The molecular formula is C5H2S5. The molecule has 2 rings (SSSR count). The molecule has 1 aromatic heterocycles. The maximum atomic E-state index is 5.06. The van der Waals surface area contributed by atoms with Crippen LogP contribution in [0.15, 0.2) is 19.2 Å². The van der Waals surface area contributed by atoms with Gasteiger partial charge in [-0.15, -0.1) is 22.7 Å². The van der Waals surface area contributed by atoms with E-state index in [0.29, 0.717) is 0 Å². The third-order valence-corrected chi connectivity index (χ3v) is 6.18. The fourth-order valence-electron chi connectivity index (χ4n) is 0.579. The van der Waals surface area contributed by atoms with Gasteiger partial charge in [0.15, 0.2) is 0 Å². The van der Waals surface area contributed by atoms with E-state index in [4.69, 9.17) is 12.2 Å². The zero-order valence-electron chi connectivity index (χ0n) is 4.70. The molecule has 2 heterocycles. The average Bonchev–Trinajstić information content (AvgIpc) is 2.27. The predicted molar refractivity (Wildman–Crippen MR) is 53.9 cm³/mol. The second-order valence-electron chi connectivity index (χ2n) is 1.54. The molecule has 52 valence electrons. The molecule has 0 amide bonds. The van der Waals surface area contributed by atoms with E-state index in [1.54, 1.807) is 46.2 Å². The highest BCUT2D eigenvalue weighted by Crippen LogP contribution is 2.44. The molecule has 0 saturated carbocycles. The van der Waals surface area contributed by atoms with Crippen molar-refractivity contribution >= 4 is 58.4 Å². The molecule has 0 aliphatic carbocycles. The Hall–Kier alpha value is 0.710. The molecule has 0 unspecified atom stereocenters. The highest BCUT2D eigenvalue weighted by molar-refractivity contribution is 8.10. The van der Waals surface area contributed by atoms with E-state index in [0.717, 1.165) is 3.14 Å². The molecule has 0 N–H and O–H groups in total. The van der Waals surface area contributed by atoms with E-state index < -0.39 is 0 Å². The van der Waals surface area contributed by atoms with Crippen molar-refractivity contribution in [3.05, 3.63) is 14.0 Å². The number of rotatable bonds is 0. The summed E-state index contributed by atoms with van der Waals surface area (Å²) in [7, 11) is 0. The van der Waals surface area contributed by atoms with Gasteiger partial charge in [0.2, 0.25) is 0 Å². The molecule has 0 nitrogen and oxygen atoms in total. The van der Waals surface area contributed by atoms with E-state index in [2.05, 4.69) is 10.8 Å². The number of hydrogen-bond acceptors (Lipinski definition) is 5. The van der Waals surface area contributed by atoms with Crippen molar-refractivity contribution < 1.29 is 0 Å². The van der Waals surface area contributed by atoms with Crippen LogP contribution in [-0.4, -0.2) is 0 Å². The van der Waals surface area contributed by atoms with Crippen LogP contribution in [0.25, 0.3) is 0 Å². The van der Waals surface area contributed by atoms with Crippen LogP contribution in [-0.2, 0) is 0 Å². The third kappa shape index (κ3) is 1.33. The van der Waals surface area contributed by atoms with Crippen LogP contribution in [0.1, 0.15) is 0 Å². The van der Waals surface area contributed by atoms with Crippen molar-refractivity contribution in [2.24, 2.45) is 0 Å². The van der Waals surface area contributed by atoms with Gasteiger partial charge in [-0.05, 0) is 10.8 Å². The van der Waals surface area contributed by atoms with Gasteiger partial charge in [-0.1, -0.05) is 35.7 Å². The molecule has 10 heavy (non-hydrogen) atoms. The van der Waals surface area contributed by atoms with Gasteiger partial charge in [0.1, 0.15) is 3.14 Å². The van der Waals surface area contributed by atoms with Crippen molar-refractivity contribution in [3.63, 3.8) is 0 Å². The summed E-state index contributed by atoms with van der Waals surface area (Å²) >= 11 is 12.0. The summed E-state index contributed by atoms with van der Waals surface area (Å²) in [6, 6.07) is 0. The zero-order chi connectivity index (χ0) is 6.97. The van der Waals surface area contributed by atoms with E-state index in [-0.39, 0.29) is 0 Å². The SMILES string of the molecule is S=c1sc2c(s1)SC=CS2. The van der Waals surface area contributed by atoms with E-state index in [1.807, 2.05) is 0 Å². The second-order valence-corrected chi connectivity index (χ2v) is 7.11. The van der Waals surface area contributed by atoms with Crippen molar-refractivity contribution in [1.29, 1.82) is 0 Å². The molecule has 1 aromatic rings. The molecule has 5 heteroatoms. The quantitative estimate of drug-likeness (QED) is 0.604. The average molecular weight is 222 g/mol. The minimum atomic E-state index is 1.04. The lowest BCUT2D eigenvalue weighted by Gasteiger charge is -1.98. The molecular weight excluding hydrogens is 220 g/mol. The topological polar surface area (TPSA) is 0 Å². The Morgan fingerprint density at radius 3 is 2.00 bits per heavy atom. The van der Waals surface area contributed by atoms with E-state index >= 15 is 0 Å². The minimum absolute atomic E-state index is 1.04. The van der Waals surface area contributed by atoms with Gasteiger partial charge in [0, 0.05) is 0 Å². The second kappa shape index (κ2) is 2.98. The minimum Gasteiger partial charge on any atom is -0.105 e. The molecule has 1 aliphatic heterocycles. The summed E-state index contributed by atoms with van der Waals surface area (Å²) in [6.45, 7) is 0. The lowest BCUT2D eigenvalue weighted by molar-refractivity contribution is 1.54. The van der Waals surface area contributed by atoms with Crippen LogP contribution in [0.5, 0.6) is 0 Å². The Morgan fingerprint density at radius 1 is 1.00 bits per heavy atom. The summed E-state index contributed by atoms with van der Waals surface area (Å²) in [5, 5.41) is 4.20. The Labute approximate surface area is 80.4 Å². The normalized spacial score (nSPS) is 15.2. The summed E-state index contributed by atoms with van der Waals surface area (Å²) in [5.41, 5.74) is 0. The molecule has 0 bridgehead atoms. The Kier molecular flexibility index (Phi) is 2.20. The van der Waals surface area contributed by atoms with E-state index in [9.17, 15) is 0 Å². The van der Waals surface area contributed by atoms with Crippen LogP contribution in [0.4, 0.5) is 0 Å². The Bertz CT molecular complexity index is 289. The first-order valence-corrected chi connectivity index (χ1v) is 6.28. The largest absolute Gasteiger partial charge is 0.145 e. The standard InChI is InChI=1S/C5H2S5/c6-5-9-3-4(10-5)8-2-1-7-3/h1-2H. The van der Waals surface area contributed by atoms with Crippen molar-refractivity contribution in [2.75, 3.05) is 0 Å². The first-order chi connectivity index (χ1) is 4.86. The highest BCUT2D eigenvalue weighted by Gasteiger charge is 2.08. The molecule has 0 aromatic carbocycles. The molecule has 1 aliphatic rings. The van der Waals surface area contributed by atoms with Crippen LogP contribution in [0.2, 0.25) is 0 Å². The van der Waals surface area contributed by atoms with E-state index in [1.165, 1.54) is 8.42 Å². The number of hydrogen-bond donors (Lipinski definition) is 0. The van der Waals surface area contributed by atoms with Crippen molar-refractivity contribution in [2.45, 2.75) is 8.42 Å². The third-order valence-electron chi connectivity index (χ3n) is 0.924. The molecule has 0 saturated heterocycles. The van der Waals surface area contributed by atoms with Crippen LogP contribution >= 0.6 is 58.4 Å². The maximum absolute atomic E-state index is 5.06. The smallest absolute Gasteiger partial charge is 0.105 e. The van der Waals surface area contributed by atoms with Crippen molar-refractivity contribution in [1.82, 2.24) is 0 Å². The highest BCUT2D eigenvalue weighted by atomic mass is 32.2.